The Morgan fingerprint density at radius 3 is 2.65 bits per heavy atom. The SMILES string of the molecule is O=C(O)CC(NC(=O)COc1ccccc1O)C1CC1. The van der Waals surface area contributed by atoms with Crippen molar-refractivity contribution in [1.82, 2.24) is 5.32 Å². The van der Waals surface area contributed by atoms with Crippen LogP contribution in [0.1, 0.15) is 19.3 Å². The monoisotopic (exact) mass is 279 g/mol. The molecule has 0 aromatic heterocycles. The molecule has 20 heavy (non-hydrogen) atoms. The van der Waals surface area contributed by atoms with E-state index in [-0.39, 0.29) is 42.4 Å². The van der Waals surface area contributed by atoms with Crippen molar-refractivity contribution in [3.8, 4) is 11.5 Å². The molecule has 0 bridgehead atoms. The Morgan fingerprint density at radius 1 is 1.35 bits per heavy atom. The summed E-state index contributed by atoms with van der Waals surface area (Å²) in [6, 6.07) is 6.01. The van der Waals surface area contributed by atoms with E-state index in [1.165, 1.54) is 6.07 Å². The number of carboxylic acids is 1. The van der Waals surface area contributed by atoms with Crippen molar-refractivity contribution in [1.29, 1.82) is 0 Å². The minimum Gasteiger partial charge on any atom is -0.504 e. The zero-order valence-electron chi connectivity index (χ0n) is 10.9. The molecule has 1 amide bonds. The van der Waals surface area contributed by atoms with Crippen LogP contribution in [-0.4, -0.2) is 34.7 Å². The molecule has 1 aromatic rings. The van der Waals surface area contributed by atoms with Gasteiger partial charge in [-0.05, 0) is 30.9 Å². The molecule has 0 heterocycles. The van der Waals surface area contributed by atoms with Gasteiger partial charge in [-0.3, -0.25) is 9.59 Å². The van der Waals surface area contributed by atoms with Crippen molar-refractivity contribution in [2.24, 2.45) is 5.92 Å². The van der Waals surface area contributed by atoms with Gasteiger partial charge in [-0.2, -0.15) is 0 Å². The molecule has 6 nitrogen and oxygen atoms in total. The normalized spacial score (nSPS) is 15.4. The summed E-state index contributed by atoms with van der Waals surface area (Å²) in [5.74, 6) is -0.871. The fourth-order valence-electron chi connectivity index (χ4n) is 1.99. The number of carbonyl (C=O) groups is 2. The number of phenolic OH excluding ortho intramolecular Hbond substituents is 1. The number of hydrogen-bond acceptors (Lipinski definition) is 4. The minimum atomic E-state index is -0.927. The molecule has 0 saturated heterocycles. The third-order valence-electron chi connectivity index (χ3n) is 3.16. The predicted octanol–water partition coefficient (Wildman–Crippen LogP) is 1.14. The summed E-state index contributed by atoms with van der Waals surface area (Å²) >= 11 is 0. The summed E-state index contributed by atoms with van der Waals surface area (Å²) < 4.78 is 5.20. The molecule has 1 fully saturated rings. The van der Waals surface area contributed by atoms with Crippen LogP contribution in [-0.2, 0) is 9.59 Å². The van der Waals surface area contributed by atoms with Crippen LogP contribution in [0.25, 0.3) is 0 Å². The van der Waals surface area contributed by atoms with E-state index >= 15 is 0 Å². The maximum atomic E-state index is 11.7. The Balaban J connectivity index is 1.82. The van der Waals surface area contributed by atoms with Crippen LogP contribution in [0.15, 0.2) is 24.3 Å². The van der Waals surface area contributed by atoms with Gasteiger partial charge in [0.25, 0.3) is 5.91 Å². The van der Waals surface area contributed by atoms with E-state index in [2.05, 4.69) is 5.32 Å². The number of hydrogen-bond donors (Lipinski definition) is 3. The maximum Gasteiger partial charge on any atom is 0.305 e. The van der Waals surface area contributed by atoms with E-state index in [0.29, 0.717) is 0 Å². The third-order valence-corrected chi connectivity index (χ3v) is 3.16. The summed E-state index contributed by atoms with van der Waals surface area (Å²) in [5.41, 5.74) is 0. The van der Waals surface area contributed by atoms with E-state index in [1.54, 1.807) is 18.2 Å². The molecule has 3 N–H and O–H groups in total. The molecule has 0 spiro atoms. The Labute approximate surface area is 116 Å². The Bertz CT molecular complexity index is 498. The second-order valence-corrected chi connectivity index (χ2v) is 4.87. The lowest BCUT2D eigenvalue weighted by Gasteiger charge is -2.16. The summed E-state index contributed by atoms with van der Waals surface area (Å²) in [5, 5.41) is 21.0. The zero-order chi connectivity index (χ0) is 14.5. The first-order valence-electron chi connectivity index (χ1n) is 6.48. The van der Waals surface area contributed by atoms with Crippen molar-refractivity contribution >= 4 is 11.9 Å². The fourth-order valence-corrected chi connectivity index (χ4v) is 1.99. The quantitative estimate of drug-likeness (QED) is 0.695. The topological polar surface area (TPSA) is 95.9 Å². The highest BCUT2D eigenvalue weighted by Gasteiger charge is 2.33. The van der Waals surface area contributed by atoms with E-state index in [1.807, 2.05) is 0 Å². The lowest BCUT2D eigenvalue weighted by atomic mass is 10.1. The van der Waals surface area contributed by atoms with Crippen molar-refractivity contribution in [2.75, 3.05) is 6.61 Å². The van der Waals surface area contributed by atoms with Crippen LogP contribution < -0.4 is 10.1 Å². The van der Waals surface area contributed by atoms with Crippen molar-refractivity contribution in [3.05, 3.63) is 24.3 Å². The summed E-state index contributed by atoms with van der Waals surface area (Å²) in [6.07, 6.45) is 1.81. The van der Waals surface area contributed by atoms with Crippen LogP contribution in [0.2, 0.25) is 0 Å². The number of nitrogens with one attached hydrogen (secondary N) is 1. The van der Waals surface area contributed by atoms with Crippen LogP contribution >= 0.6 is 0 Å². The highest BCUT2D eigenvalue weighted by atomic mass is 16.5. The van der Waals surface area contributed by atoms with Gasteiger partial charge in [0.2, 0.25) is 0 Å². The molecule has 1 aliphatic rings. The van der Waals surface area contributed by atoms with Gasteiger partial charge in [0, 0.05) is 6.04 Å². The maximum absolute atomic E-state index is 11.7. The third kappa shape index (κ3) is 4.15. The first-order valence-corrected chi connectivity index (χ1v) is 6.48. The van der Waals surface area contributed by atoms with Gasteiger partial charge in [0.1, 0.15) is 0 Å². The molecular formula is C14H17NO5. The fraction of sp³-hybridized carbons (Fsp3) is 0.429. The van der Waals surface area contributed by atoms with Gasteiger partial charge < -0.3 is 20.3 Å². The lowest BCUT2D eigenvalue weighted by Crippen LogP contribution is -2.40. The number of aliphatic carboxylic acids is 1. The van der Waals surface area contributed by atoms with E-state index in [4.69, 9.17) is 9.84 Å². The molecular weight excluding hydrogens is 262 g/mol. The molecule has 1 atom stereocenters. The Morgan fingerprint density at radius 2 is 2.05 bits per heavy atom. The number of benzene rings is 1. The predicted molar refractivity (Wildman–Crippen MR) is 70.5 cm³/mol. The Kier molecular flexibility index (Phi) is 4.45. The molecule has 0 aliphatic heterocycles. The van der Waals surface area contributed by atoms with Crippen LogP contribution in [0.3, 0.4) is 0 Å². The molecule has 1 unspecified atom stereocenters. The molecule has 1 aliphatic carbocycles. The zero-order valence-corrected chi connectivity index (χ0v) is 10.9. The van der Waals surface area contributed by atoms with Gasteiger partial charge in [-0.25, -0.2) is 0 Å². The largest absolute Gasteiger partial charge is 0.504 e. The van der Waals surface area contributed by atoms with Crippen molar-refractivity contribution in [3.63, 3.8) is 0 Å². The second-order valence-electron chi connectivity index (χ2n) is 4.87. The first-order chi connectivity index (χ1) is 9.56. The number of phenols is 1. The number of para-hydroxylation sites is 2. The number of carboxylic acid groups (broad SMARTS) is 1. The van der Waals surface area contributed by atoms with Gasteiger partial charge >= 0.3 is 5.97 Å². The molecule has 1 aromatic carbocycles. The van der Waals surface area contributed by atoms with Crippen LogP contribution in [0, 0.1) is 5.92 Å². The molecule has 108 valence electrons. The van der Waals surface area contributed by atoms with Crippen LogP contribution in [0.4, 0.5) is 0 Å². The number of rotatable bonds is 7. The molecule has 6 heteroatoms. The Hall–Kier alpha value is -2.24. The number of aromatic hydroxyl groups is 1. The second kappa shape index (κ2) is 6.27. The van der Waals surface area contributed by atoms with Crippen LogP contribution in [0.5, 0.6) is 11.5 Å². The van der Waals surface area contributed by atoms with Crippen molar-refractivity contribution in [2.45, 2.75) is 25.3 Å². The number of ether oxygens (including phenoxy) is 1. The minimum absolute atomic E-state index is 0.0374. The molecule has 0 radical (unpaired) electrons. The van der Waals surface area contributed by atoms with Gasteiger partial charge in [0.15, 0.2) is 18.1 Å². The average molecular weight is 279 g/mol. The van der Waals surface area contributed by atoms with Gasteiger partial charge in [0.05, 0.1) is 6.42 Å². The van der Waals surface area contributed by atoms with E-state index < -0.39 is 5.97 Å². The summed E-state index contributed by atoms with van der Waals surface area (Å²) in [4.78, 5) is 22.5. The molecule has 1 saturated carbocycles. The van der Waals surface area contributed by atoms with E-state index in [0.717, 1.165) is 12.8 Å². The number of carbonyl (C=O) groups excluding carboxylic acids is 1. The van der Waals surface area contributed by atoms with Crippen molar-refractivity contribution < 1.29 is 24.5 Å². The summed E-state index contributed by atoms with van der Waals surface area (Å²) in [7, 11) is 0. The highest BCUT2D eigenvalue weighted by molar-refractivity contribution is 5.79. The standard InChI is InChI=1S/C14H17NO5/c16-11-3-1-2-4-12(11)20-8-13(17)15-10(7-14(18)19)9-5-6-9/h1-4,9-10,16H,5-8H2,(H,15,17)(H,18,19). The van der Waals surface area contributed by atoms with Gasteiger partial charge in [-0.15, -0.1) is 0 Å². The first kappa shape index (κ1) is 14.2. The van der Waals surface area contributed by atoms with Gasteiger partial charge in [-0.1, -0.05) is 12.1 Å². The average Bonchev–Trinajstić information content (AvgIpc) is 3.21. The lowest BCUT2D eigenvalue weighted by molar-refractivity contribution is -0.138. The number of amides is 1. The molecule has 2 rings (SSSR count). The van der Waals surface area contributed by atoms with E-state index in [9.17, 15) is 14.7 Å². The summed E-state index contributed by atoms with van der Waals surface area (Å²) in [6.45, 7) is -0.250. The smallest absolute Gasteiger partial charge is 0.305 e. The highest BCUT2D eigenvalue weighted by Crippen LogP contribution is 2.34.